The lowest BCUT2D eigenvalue weighted by atomic mass is 10.2. The van der Waals surface area contributed by atoms with E-state index >= 15 is 0 Å². The number of fused-ring (bicyclic) bond motifs is 1. The first-order chi connectivity index (χ1) is 13.7. The van der Waals surface area contributed by atoms with Gasteiger partial charge in [0.1, 0.15) is 5.75 Å². The molecule has 1 aliphatic rings. The molecule has 0 radical (unpaired) electrons. The number of hydrogen-bond donors (Lipinski definition) is 2. The van der Waals surface area contributed by atoms with E-state index in [2.05, 4.69) is 10.6 Å². The monoisotopic (exact) mass is 434 g/mol. The molecule has 2 aromatic rings. The number of nitrogens with one attached hydrogen (secondary N) is 2. The molecule has 2 aromatic carbocycles. The average molecular weight is 435 g/mol. The topological polar surface area (TPSA) is 102 Å². The maximum absolute atomic E-state index is 12.9. The molecule has 2 amide bonds. The fourth-order valence-corrected chi connectivity index (χ4v) is 5.19. The standard InChI is InChI=1S/C20H22N2O5S2/c1-12(9-19(23)21-14-5-4-6-15(10-14)27-3)29(25,26)16-7-8-18-17(11-16)22-20(24)13(2)28-18/h4-8,10-13H,9H2,1-3H3,(H,21,23)(H,22,24)/t12-,13+/m1/s1. The third-order valence-electron chi connectivity index (χ3n) is 4.57. The summed E-state index contributed by atoms with van der Waals surface area (Å²) in [5, 5.41) is 4.25. The van der Waals surface area contributed by atoms with Crippen LogP contribution in [-0.4, -0.2) is 37.8 Å². The molecule has 3 rings (SSSR count). The number of carbonyl (C=O) groups excluding carboxylic acids is 2. The lowest BCUT2D eigenvalue weighted by molar-refractivity contribution is -0.116. The van der Waals surface area contributed by atoms with Crippen molar-refractivity contribution in [2.45, 2.75) is 40.6 Å². The molecule has 9 heteroatoms. The highest BCUT2D eigenvalue weighted by molar-refractivity contribution is 8.01. The van der Waals surface area contributed by atoms with Gasteiger partial charge in [0.2, 0.25) is 11.8 Å². The molecule has 0 saturated carbocycles. The van der Waals surface area contributed by atoms with E-state index in [-0.39, 0.29) is 22.5 Å². The summed E-state index contributed by atoms with van der Waals surface area (Å²) >= 11 is 1.38. The number of methoxy groups -OCH3 is 1. The van der Waals surface area contributed by atoms with E-state index in [1.165, 1.54) is 37.9 Å². The maximum Gasteiger partial charge on any atom is 0.237 e. The highest BCUT2D eigenvalue weighted by Crippen LogP contribution is 2.37. The number of benzene rings is 2. The van der Waals surface area contributed by atoms with Crippen molar-refractivity contribution in [3.05, 3.63) is 42.5 Å². The Labute approximate surface area is 174 Å². The predicted octanol–water partition coefficient (Wildman–Crippen LogP) is 3.32. The molecular formula is C20H22N2O5S2. The summed E-state index contributed by atoms with van der Waals surface area (Å²) in [7, 11) is -2.23. The number of sulfone groups is 1. The molecule has 0 bridgehead atoms. The molecule has 1 heterocycles. The predicted molar refractivity (Wildman–Crippen MR) is 113 cm³/mol. The van der Waals surface area contributed by atoms with Crippen molar-refractivity contribution in [1.82, 2.24) is 0 Å². The van der Waals surface area contributed by atoms with Gasteiger partial charge in [-0.2, -0.15) is 0 Å². The van der Waals surface area contributed by atoms with Crippen LogP contribution in [0.2, 0.25) is 0 Å². The van der Waals surface area contributed by atoms with Crippen LogP contribution in [0.4, 0.5) is 11.4 Å². The number of thioether (sulfide) groups is 1. The van der Waals surface area contributed by atoms with Crippen LogP contribution in [0.25, 0.3) is 0 Å². The molecule has 0 aliphatic carbocycles. The third kappa shape index (κ3) is 4.73. The van der Waals surface area contributed by atoms with Crippen LogP contribution in [0.1, 0.15) is 20.3 Å². The van der Waals surface area contributed by atoms with Crippen molar-refractivity contribution in [3.8, 4) is 5.75 Å². The summed E-state index contributed by atoms with van der Waals surface area (Å²) in [6.07, 6.45) is -0.200. The van der Waals surface area contributed by atoms with Crippen molar-refractivity contribution in [3.63, 3.8) is 0 Å². The zero-order valence-electron chi connectivity index (χ0n) is 16.3. The first-order valence-electron chi connectivity index (χ1n) is 9.00. The van der Waals surface area contributed by atoms with Crippen LogP contribution in [0.15, 0.2) is 52.3 Å². The number of amides is 2. The summed E-state index contributed by atoms with van der Waals surface area (Å²) < 4.78 is 31.0. The molecule has 0 aromatic heterocycles. The highest BCUT2D eigenvalue weighted by Gasteiger charge is 2.29. The maximum atomic E-state index is 12.9. The molecule has 2 N–H and O–H groups in total. The minimum absolute atomic E-state index is 0.0772. The lowest BCUT2D eigenvalue weighted by Gasteiger charge is -2.22. The molecule has 154 valence electrons. The van der Waals surface area contributed by atoms with Gasteiger partial charge in [0.15, 0.2) is 9.84 Å². The SMILES string of the molecule is COc1cccc(NC(=O)C[C@@H](C)S(=O)(=O)c2ccc3c(c2)NC(=O)[C@H](C)S3)c1. The Kier molecular flexibility index (Phi) is 6.18. The minimum atomic E-state index is -3.75. The number of hydrogen-bond acceptors (Lipinski definition) is 6. The number of rotatable bonds is 6. The third-order valence-corrected chi connectivity index (χ3v) is 7.88. The van der Waals surface area contributed by atoms with Gasteiger partial charge in [0, 0.05) is 23.1 Å². The van der Waals surface area contributed by atoms with E-state index in [1.54, 1.807) is 37.3 Å². The van der Waals surface area contributed by atoms with Crippen molar-refractivity contribution < 1.29 is 22.7 Å². The van der Waals surface area contributed by atoms with Gasteiger partial charge in [-0.05, 0) is 44.2 Å². The normalized spacial score (nSPS) is 17.1. The van der Waals surface area contributed by atoms with Gasteiger partial charge in [0.05, 0.1) is 28.2 Å². The Balaban J connectivity index is 1.73. The van der Waals surface area contributed by atoms with Gasteiger partial charge in [-0.3, -0.25) is 9.59 Å². The molecule has 0 fully saturated rings. The lowest BCUT2D eigenvalue weighted by Crippen LogP contribution is -2.27. The molecule has 29 heavy (non-hydrogen) atoms. The quantitative estimate of drug-likeness (QED) is 0.723. The molecule has 2 atom stereocenters. The van der Waals surface area contributed by atoms with Gasteiger partial charge < -0.3 is 15.4 Å². The van der Waals surface area contributed by atoms with Crippen LogP contribution in [-0.2, 0) is 19.4 Å². The Hall–Kier alpha value is -2.52. The first kappa shape index (κ1) is 21.2. The van der Waals surface area contributed by atoms with Gasteiger partial charge in [-0.25, -0.2) is 8.42 Å². The molecule has 0 saturated heterocycles. The Bertz CT molecular complexity index is 1050. The number of anilines is 2. The highest BCUT2D eigenvalue weighted by atomic mass is 32.2. The molecule has 0 spiro atoms. The second kappa shape index (κ2) is 8.46. The van der Waals surface area contributed by atoms with Crippen molar-refractivity contribution in [2.75, 3.05) is 17.7 Å². The Morgan fingerprint density at radius 2 is 2.03 bits per heavy atom. The van der Waals surface area contributed by atoms with Crippen LogP contribution >= 0.6 is 11.8 Å². The van der Waals surface area contributed by atoms with Crippen LogP contribution in [0.3, 0.4) is 0 Å². The Morgan fingerprint density at radius 1 is 1.28 bits per heavy atom. The first-order valence-corrected chi connectivity index (χ1v) is 11.4. The number of ether oxygens (including phenoxy) is 1. The van der Waals surface area contributed by atoms with E-state index < -0.39 is 21.0 Å². The summed E-state index contributed by atoms with van der Waals surface area (Å²) in [6.45, 7) is 3.28. The summed E-state index contributed by atoms with van der Waals surface area (Å²) in [4.78, 5) is 25.1. The molecule has 0 unspecified atom stereocenters. The van der Waals surface area contributed by atoms with Crippen LogP contribution in [0.5, 0.6) is 5.75 Å². The molecule has 7 nitrogen and oxygen atoms in total. The largest absolute Gasteiger partial charge is 0.497 e. The van der Waals surface area contributed by atoms with E-state index in [1.807, 2.05) is 0 Å². The fraction of sp³-hybridized carbons (Fsp3) is 0.300. The Morgan fingerprint density at radius 3 is 2.76 bits per heavy atom. The number of carbonyl (C=O) groups is 2. The summed E-state index contributed by atoms with van der Waals surface area (Å²) in [5.74, 6) is 0.0134. The van der Waals surface area contributed by atoms with Crippen molar-refractivity contribution in [2.24, 2.45) is 0 Å². The van der Waals surface area contributed by atoms with E-state index in [0.717, 1.165) is 4.90 Å². The van der Waals surface area contributed by atoms with Gasteiger partial charge in [-0.15, -0.1) is 11.8 Å². The summed E-state index contributed by atoms with van der Waals surface area (Å²) in [5.41, 5.74) is 1.01. The van der Waals surface area contributed by atoms with Crippen LogP contribution in [0, 0.1) is 0 Å². The average Bonchev–Trinajstić information content (AvgIpc) is 2.68. The van der Waals surface area contributed by atoms with E-state index in [4.69, 9.17) is 4.74 Å². The zero-order chi connectivity index (χ0) is 21.2. The summed E-state index contributed by atoms with van der Waals surface area (Å²) in [6, 6.07) is 11.5. The second-order valence-electron chi connectivity index (χ2n) is 6.75. The smallest absolute Gasteiger partial charge is 0.237 e. The van der Waals surface area contributed by atoms with Gasteiger partial charge in [0.25, 0.3) is 0 Å². The van der Waals surface area contributed by atoms with Crippen molar-refractivity contribution in [1.29, 1.82) is 0 Å². The molecule has 1 aliphatic heterocycles. The van der Waals surface area contributed by atoms with E-state index in [9.17, 15) is 18.0 Å². The zero-order valence-corrected chi connectivity index (χ0v) is 17.9. The van der Waals surface area contributed by atoms with Crippen molar-refractivity contribution >= 4 is 44.8 Å². The van der Waals surface area contributed by atoms with E-state index in [0.29, 0.717) is 17.1 Å². The fourth-order valence-electron chi connectivity index (χ4n) is 2.88. The molecular weight excluding hydrogens is 412 g/mol. The van der Waals surface area contributed by atoms with Gasteiger partial charge >= 0.3 is 0 Å². The van der Waals surface area contributed by atoms with Gasteiger partial charge in [-0.1, -0.05) is 6.07 Å². The second-order valence-corrected chi connectivity index (χ2v) is 10.5. The van der Waals surface area contributed by atoms with Crippen LogP contribution < -0.4 is 15.4 Å². The minimum Gasteiger partial charge on any atom is -0.497 e.